The van der Waals surface area contributed by atoms with Gasteiger partial charge in [-0.25, -0.2) is 14.8 Å². The first kappa shape index (κ1) is 19.5. The Bertz CT molecular complexity index is 680. The van der Waals surface area contributed by atoms with Gasteiger partial charge in [0.25, 0.3) is 0 Å². The van der Waals surface area contributed by atoms with Gasteiger partial charge in [0, 0.05) is 52.7 Å². The van der Waals surface area contributed by atoms with Gasteiger partial charge in [0.2, 0.25) is 0 Å². The Labute approximate surface area is 155 Å². The van der Waals surface area contributed by atoms with Crippen molar-refractivity contribution in [3.8, 4) is 0 Å². The second kappa shape index (κ2) is 9.60. The topological polar surface area (TPSA) is 73.4 Å². The third-order valence-corrected chi connectivity index (χ3v) is 4.07. The van der Waals surface area contributed by atoms with Crippen molar-refractivity contribution in [1.82, 2.24) is 20.6 Å². The molecule has 0 radical (unpaired) electrons. The van der Waals surface area contributed by atoms with Gasteiger partial charge in [-0.1, -0.05) is 12.1 Å². The highest BCUT2D eigenvalue weighted by molar-refractivity contribution is 5.73. The van der Waals surface area contributed by atoms with Crippen LogP contribution in [0.2, 0.25) is 0 Å². The van der Waals surface area contributed by atoms with Crippen LogP contribution < -0.4 is 20.4 Å². The maximum Gasteiger partial charge on any atom is 0.315 e. The average molecular weight is 356 g/mol. The molecule has 2 aromatic rings. The number of rotatable bonds is 8. The van der Waals surface area contributed by atoms with E-state index in [-0.39, 0.29) is 6.03 Å². The number of anilines is 2. The first-order chi connectivity index (χ1) is 12.5. The molecule has 0 atom stereocenters. The zero-order chi connectivity index (χ0) is 18.9. The minimum Gasteiger partial charge on any atom is -0.363 e. The molecule has 0 aliphatic rings. The van der Waals surface area contributed by atoms with Crippen LogP contribution in [0, 0.1) is 0 Å². The van der Waals surface area contributed by atoms with E-state index in [4.69, 9.17) is 0 Å². The molecule has 2 aromatic heterocycles. The minimum absolute atomic E-state index is 0.213. The number of carbonyl (C=O) groups is 1. The molecule has 2 N–H and O–H groups in total. The number of amides is 2. The number of aromatic nitrogens is 2. The highest BCUT2D eigenvalue weighted by Gasteiger charge is 2.05. The van der Waals surface area contributed by atoms with Gasteiger partial charge < -0.3 is 20.4 Å². The van der Waals surface area contributed by atoms with E-state index in [1.807, 2.05) is 43.3 Å². The molecule has 2 amide bonds. The van der Waals surface area contributed by atoms with Crippen LogP contribution in [0.25, 0.3) is 0 Å². The maximum absolute atomic E-state index is 12.0. The van der Waals surface area contributed by atoms with Gasteiger partial charge in [-0.15, -0.1) is 0 Å². The van der Waals surface area contributed by atoms with Crippen molar-refractivity contribution in [2.45, 2.75) is 26.9 Å². The largest absolute Gasteiger partial charge is 0.363 e. The standard InChI is InChI=1S/C19H28N6O/c1-5-25(6-2)18-10-8-16(12-21-18)14-23-19(26)22-13-15-7-9-17(20-11-15)24(3)4/h7-12H,5-6,13-14H2,1-4H3,(H2,22,23,26). The number of hydrogen-bond donors (Lipinski definition) is 2. The lowest BCUT2D eigenvalue weighted by molar-refractivity contribution is 0.240. The highest BCUT2D eigenvalue weighted by Crippen LogP contribution is 2.11. The highest BCUT2D eigenvalue weighted by atomic mass is 16.2. The maximum atomic E-state index is 12.0. The molecule has 0 aliphatic heterocycles. The summed E-state index contributed by atoms with van der Waals surface area (Å²) < 4.78 is 0. The molecule has 0 fully saturated rings. The number of hydrogen-bond acceptors (Lipinski definition) is 5. The van der Waals surface area contributed by atoms with Crippen LogP contribution in [0.5, 0.6) is 0 Å². The Morgan fingerprint density at radius 1 is 0.885 bits per heavy atom. The van der Waals surface area contributed by atoms with Crippen LogP contribution in [-0.4, -0.2) is 43.2 Å². The quantitative estimate of drug-likeness (QED) is 0.760. The van der Waals surface area contributed by atoms with Crippen molar-refractivity contribution >= 4 is 17.7 Å². The first-order valence-electron chi connectivity index (χ1n) is 8.87. The fourth-order valence-electron chi connectivity index (χ4n) is 2.47. The number of pyridine rings is 2. The third kappa shape index (κ3) is 5.61. The van der Waals surface area contributed by atoms with E-state index in [1.54, 1.807) is 12.4 Å². The monoisotopic (exact) mass is 356 g/mol. The summed E-state index contributed by atoms with van der Waals surface area (Å²) in [7, 11) is 3.88. The van der Waals surface area contributed by atoms with E-state index in [0.717, 1.165) is 35.9 Å². The number of urea groups is 1. The Morgan fingerprint density at radius 3 is 1.77 bits per heavy atom. The summed E-state index contributed by atoms with van der Waals surface area (Å²) in [6, 6.07) is 7.65. The van der Waals surface area contributed by atoms with E-state index in [9.17, 15) is 4.79 Å². The van der Waals surface area contributed by atoms with Crippen LogP contribution in [0.4, 0.5) is 16.4 Å². The molecule has 0 bridgehead atoms. The lowest BCUT2D eigenvalue weighted by atomic mass is 10.2. The number of nitrogens with zero attached hydrogens (tertiary/aromatic N) is 4. The second-order valence-corrected chi connectivity index (χ2v) is 6.15. The first-order valence-corrected chi connectivity index (χ1v) is 8.87. The molecule has 2 heterocycles. The summed E-state index contributed by atoms with van der Waals surface area (Å²) in [6.07, 6.45) is 3.57. The summed E-state index contributed by atoms with van der Waals surface area (Å²) in [6.45, 7) is 6.94. The van der Waals surface area contributed by atoms with E-state index in [0.29, 0.717) is 13.1 Å². The minimum atomic E-state index is -0.213. The molecule has 7 nitrogen and oxygen atoms in total. The molecular formula is C19H28N6O. The van der Waals surface area contributed by atoms with Gasteiger partial charge in [0.05, 0.1) is 0 Å². The number of carbonyl (C=O) groups excluding carboxylic acids is 1. The van der Waals surface area contributed by atoms with E-state index < -0.39 is 0 Å². The SMILES string of the molecule is CCN(CC)c1ccc(CNC(=O)NCc2ccc(N(C)C)nc2)cn1. The van der Waals surface area contributed by atoms with Crippen LogP contribution >= 0.6 is 0 Å². The van der Waals surface area contributed by atoms with Crippen molar-refractivity contribution in [2.75, 3.05) is 37.0 Å². The molecule has 26 heavy (non-hydrogen) atoms. The second-order valence-electron chi connectivity index (χ2n) is 6.15. The summed E-state index contributed by atoms with van der Waals surface area (Å²) in [5, 5.41) is 5.68. The number of nitrogens with one attached hydrogen (secondary N) is 2. The molecule has 0 saturated heterocycles. The van der Waals surface area contributed by atoms with Crippen molar-refractivity contribution < 1.29 is 4.79 Å². The molecule has 0 spiro atoms. The molecular weight excluding hydrogens is 328 g/mol. The fraction of sp³-hybridized carbons (Fsp3) is 0.421. The lowest BCUT2D eigenvalue weighted by Gasteiger charge is -2.19. The van der Waals surface area contributed by atoms with Crippen LogP contribution in [-0.2, 0) is 13.1 Å². The molecule has 140 valence electrons. The van der Waals surface area contributed by atoms with Gasteiger partial charge in [0.15, 0.2) is 0 Å². The van der Waals surface area contributed by atoms with Gasteiger partial charge >= 0.3 is 6.03 Å². The van der Waals surface area contributed by atoms with Crippen LogP contribution in [0.3, 0.4) is 0 Å². The van der Waals surface area contributed by atoms with Crippen LogP contribution in [0.1, 0.15) is 25.0 Å². The van der Waals surface area contributed by atoms with Gasteiger partial charge in [-0.2, -0.15) is 0 Å². The Balaban J connectivity index is 1.77. The van der Waals surface area contributed by atoms with Crippen molar-refractivity contribution in [3.05, 3.63) is 47.8 Å². The summed E-state index contributed by atoms with van der Waals surface area (Å²) >= 11 is 0. The lowest BCUT2D eigenvalue weighted by Crippen LogP contribution is -2.34. The molecule has 0 unspecified atom stereocenters. The molecule has 0 aliphatic carbocycles. The zero-order valence-electron chi connectivity index (χ0n) is 16.0. The summed E-state index contributed by atoms with van der Waals surface area (Å²) in [5.41, 5.74) is 1.92. The van der Waals surface area contributed by atoms with Gasteiger partial charge in [0.1, 0.15) is 11.6 Å². The van der Waals surface area contributed by atoms with Crippen LogP contribution in [0.15, 0.2) is 36.7 Å². The molecule has 7 heteroatoms. The fourth-order valence-corrected chi connectivity index (χ4v) is 2.47. The Hall–Kier alpha value is -2.83. The molecule has 0 saturated carbocycles. The van der Waals surface area contributed by atoms with Gasteiger partial charge in [-0.05, 0) is 37.1 Å². The summed E-state index contributed by atoms with van der Waals surface area (Å²) in [5.74, 6) is 1.84. The predicted octanol–water partition coefficient (Wildman–Crippen LogP) is 2.39. The Kier molecular flexibility index (Phi) is 7.20. The van der Waals surface area contributed by atoms with Crippen molar-refractivity contribution in [1.29, 1.82) is 0 Å². The molecule has 0 aromatic carbocycles. The zero-order valence-corrected chi connectivity index (χ0v) is 16.0. The summed E-state index contributed by atoms with van der Waals surface area (Å²) in [4.78, 5) is 24.9. The van der Waals surface area contributed by atoms with Crippen molar-refractivity contribution in [2.24, 2.45) is 0 Å². The normalized spacial score (nSPS) is 10.3. The molecule has 2 rings (SSSR count). The third-order valence-electron chi connectivity index (χ3n) is 4.07. The van der Waals surface area contributed by atoms with Gasteiger partial charge in [-0.3, -0.25) is 0 Å². The average Bonchev–Trinajstić information content (AvgIpc) is 2.67. The van der Waals surface area contributed by atoms with E-state index in [2.05, 4.69) is 39.3 Å². The predicted molar refractivity (Wildman–Crippen MR) is 105 cm³/mol. The Morgan fingerprint density at radius 2 is 1.38 bits per heavy atom. The van der Waals surface area contributed by atoms with Crippen molar-refractivity contribution in [3.63, 3.8) is 0 Å². The smallest absolute Gasteiger partial charge is 0.315 e. The van der Waals surface area contributed by atoms with E-state index in [1.165, 1.54) is 0 Å². The van der Waals surface area contributed by atoms with E-state index >= 15 is 0 Å².